The van der Waals surface area contributed by atoms with Gasteiger partial charge in [-0.3, -0.25) is 4.68 Å². The molecule has 0 amide bonds. The largest absolute Gasteiger partial charge is 0.434 e. The molecule has 0 aliphatic carbocycles. The van der Waals surface area contributed by atoms with Crippen LogP contribution in [-0.2, 0) is 6.54 Å². The summed E-state index contributed by atoms with van der Waals surface area (Å²) < 4.78 is 31.1. The van der Waals surface area contributed by atoms with Crippen molar-refractivity contribution in [3.05, 3.63) is 30.5 Å². The fraction of sp³-hybridized carbons (Fsp3) is 0.357. The number of hydrogen-bond acceptors (Lipinski definition) is 3. The number of unbranched alkanes of at least 4 members (excludes halogenated alkanes) is 1. The first-order valence-electron chi connectivity index (χ1n) is 6.49. The lowest BCUT2D eigenvalue weighted by Gasteiger charge is -2.09. The zero-order valence-corrected chi connectivity index (χ0v) is 11.2. The third-order valence-electron chi connectivity index (χ3n) is 2.89. The van der Waals surface area contributed by atoms with Gasteiger partial charge in [-0.15, -0.1) is 0 Å². The van der Waals surface area contributed by atoms with Crippen molar-refractivity contribution in [1.82, 2.24) is 9.78 Å². The van der Waals surface area contributed by atoms with E-state index >= 15 is 0 Å². The first kappa shape index (κ1) is 14.3. The Hall–Kier alpha value is -2.11. The molecule has 0 unspecified atom stereocenters. The van der Waals surface area contributed by atoms with Crippen molar-refractivity contribution in [2.24, 2.45) is 0 Å². The van der Waals surface area contributed by atoms with Gasteiger partial charge in [0.15, 0.2) is 0 Å². The number of para-hydroxylation sites is 1. The van der Waals surface area contributed by atoms with Crippen LogP contribution < -0.4 is 10.5 Å². The van der Waals surface area contributed by atoms with Gasteiger partial charge in [-0.2, -0.15) is 13.9 Å². The lowest BCUT2D eigenvalue weighted by molar-refractivity contribution is -0.0494. The normalized spacial score (nSPS) is 11.0. The van der Waals surface area contributed by atoms with E-state index in [2.05, 4.69) is 16.8 Å². The van der Waals surface area contributed by atoms with E-state index in [9.17, 15) is 8.78 Å². The molecule has 2 N–H and O–H groups in total. The fourth-order valence-electron chi connectivity index (χ4n) is 1.94. The average molecular weight is 281 g/mol. The molecule has 2 aromatic rings. The summed E-state index contributed by atoms with van der Waals surface area (Å²) in [7, 11) is 0. The van der Waals surface area contributed by atoms with Crippen molar-refractivity contribution in [1.29, 1.82) is 0 Å². The third-order valence-corrected chi connectivity index (χ3v) is 2.89. The van der Waals surface area contributed by atoms with Gasteiger partial charge >= 0.3 is 6.61 Å². The standard InChI is InChI=1S/C14H17F2N3O/c1-2-3-8-19-9-11(17)13(18-19)10-6-4-5-7-12(10)20-14(15)16/h4-7,9,14H,2-3,8,17H2,1H3. The minimum Gasteiger partial charge on any atom is -0.434 e. The molecule has 1 aromatic carbocycles. The topological polar surface area (TPSA) is 53.1 Å². The summed E-state index contributed by atoms with van der Waals surface area (Å²) in [5.41, 5.74) is 7.31. The molecule has 0 fully saturated rings. The summed E-state index contributed by atoms with van der Waals surface area (Å²) in [5, 5.41) is 4.35. The van der Waals surface area contributed by atoms with Gasteiger partial charge in [0.2, 0.25) is 0 Å². The number of ether oxygens (including phenoxy) is 1. The monoisotopic (exact) mass is 281 g/mol. The molecule has 0 aliphatic rings. The lowest BCUT2D eigenvalue weighted by atomic mass is 10.1. The molecule has 0 spiro atoms. The van der Waals surface area contributed by atoms with Crippen molar-refractivity contribution >= 4 is 5.69 Å². The zero-order valence-electron chi connectivity index (χ0n) is 11.2. The molecule has 1 aromatic heterocycles. The summed E-state index contributed by atoms with van der Waals surface area (Å²) in [6.07, 6.45) is 3.74. The van der Waals surface area contributed by atoms with E-state index < -0.39 is 6.61 Å². The number of nitrogens with zero attached hydrogens (tertiary/aromatic N) is 2. The van der Waals surface area contributed by atoms with E-state index in [4.69, 9.17) is 5.73 Å². The van der Waals surface area contributed by atoms with Crippen LogP contribution in [-0.4, -0.2) is 16.4 Å². The summed E-state index contributed by atoms with van der Waals surface area (Å²) >= 11 is 0. The molecular formula is C14H17F2N3O. The Balaban J connectivity index is 2.33. The first-order valence-corrected chi connectivity index (χ1v) is 6.49. The molecule has 0 bridgehead atoms. The van der Waals surface area contributed by atoms with E-state index in [0.29, 0.717) is 16.9 Å². The van der Waals surface area contributed by atoms with Gasteiger partial charge in [0.05, 0.1) is 5.69 Å². The Bertz CT molecular complexity index is 569. The molecule has 108 valence electrons. The molecule has 0 saturated carbocycles. The Morgan fingerprint density at radius 2 is 2.10 bits per heavy atom. The van der Waals surface area contributed by atoms with Gasteiger partial charge < -0.3 is 10.5 Å². The first-order chi connectivity index (χ1) is 9.61. The Labute approximate surface area is 116 Å². The number of rotatable bonds is 6. The van der Waals surface area contributed by atoms with Crippen LogP contribution in [0.15, 0.2) is 30.5 Å². The van der Waals surface area contributed by atoms with E-state index in [1.165, 1.54) is 6.07 Å². The molecule has 0 aliphatic heterocycles. The number of benzene rings is 1. The van der Waals surface area contributed by atoms with Gasteiger partial charge in [-0.25, -0.2) is 0 Å². The number of aromatic nitrogens is 2. The van der Waals surface area contributed by atoms with Crippen LogP contribution in [0.5, 0.6) is 5.75 Å². The van der Waals surface area contributed by atoms with E-state index in [1.54, 1.807) is 29.1 Å². The SMILES string of the molecule is CCCCn1cc(N)c(-c2ccccc2OC(F)F)n1. The number of alkyl halides is 2. The molecule has 1 heterocycles. The predicted octanol–water partition coefficient (Wildman–Crippen LogP) is 3.53. The smallest absolute Gasteiger partial charge is 0.387 e. The second kappa shape index (κ2) is 6.36. The molecule has 0 radical (unpaired) electrons. The quantitative estimate of drug-likeness (QED) is 0.881. The highest BCUT2D eigenvalue weighted by Crippen LogP contribution is 2.33. The van der Waals surface area contributed by atoms with Crippen LogP contribution in [0.25, 0.3) is 11.3 Å². The van der Waals surface area contributed by atoms with Crippen LogP contribution in [0.2, 0.25) is 0 Å². The minimum absolute atomic E-state index is 0.0786. The lowest BCUT2D eigenvalue weighted by Crippen LogP contribution is -2.04. The molecular weight excluding hydrogens is 264 g/mol. The second-order valence-corrected chi connectivity index (χ2v) is 4.42. The van der Waals surface area contributed by atoms with Gasteiger partial charge in [0, 0.05) is 18.3 Å². The van der Waals surface area contributed by atoms with Gasteiger partial charge in [0.1, 0.15) is 11.4 Å². The number of nitrogens with two attached hydrogens (primary N) is 1. The maximum Gasteiger partial charge on any atom is 0.387 e. The van der Waals surface area contributed by atoms with Crippen LogP contribution in [0, 0.1) is 0 Å². The molecule has 0 saturated heterocycles. The van der Waals surface area contributed by atoms with Crippen molar-refractivity contribution in [3.8, 4) is 17.0 Å². The van der Waals surface area contributed by atoms with Gasteiger partial charge in [0.25, 0.3) is 0 Å². The fourth-order valence-corrected chi connectivity index (χ4v) is 1.94. The van der Waals surface area contributed by atoms with E-state index in [0.717, 1.165) is 19.4 Å². The number of aryl methyl sites for hydroxylation is 1. The maximum atomic E-state index is 12.4. The van der Waals surface area contributed by atoms with E-state index in [-0.39, 0.29) is 5.75 Å². The summed E-state index contributed by atoms with van der Waals surface area (Å²) in [6, 6.07) is 6.51. The second-order valence-electron chi connectivity index (χ2n) is 4.42. The van der Waals surface area contributed by atoms with Crippen LogP contribution >= 0.6 is 0 Å². The van der Waals surface area contributed by atoms with Crippen LogP contribution in [0.3, 0.4) is 0 Å². The molecule has 0 atom stereocenters. The number of anilines is 1. The molecule has 2 rings (SSSR count). The number of hydrogen-bond donors (Lipinski definition) is 1. The Morgan fingerprint density at radius 3 is 2.80 bits per heavy atom. The van der Waals surface area contributed by atoms with Crippen LogP contribution in [0.4, 0.5) is 14.5 Å². The predicted molar refractivity (Wildman–Crippen MR) is 73.6 cm³/mol. The number of nitrogen functional groups attached to an aromatic ring is 1. The summed E-state index contributed by atoms with van der Waals surface area (Å²) in [6.45, 7) is -0.0439. The van der Waals surface area contributed by atoms with Crippen molar-refractivity contribution < 1.29 is 13.5 Å². The average Bonchev–Trinajstić information content (AvgIpc) is 2.77. The van der Waals surface area contributed by atoms with Crippen molar-refractivity contribution in [2.75, 3.05) is 5.73 Å². The minimum atomic E-state index is -2.88. The summed E-state index contributed by atoms with van der Waals surface area (Å²) in [5.74, 6) is 0.0786. The number of halogens is 2. The van der Waals surface area contributed by atoms with Crippen molar-refractivity contribution in [2.45, 2.75) is 32.9 Å². The van der Waals surface area contributed by atoms with Crippen LogP contribution in [0.1, 0.15) is 19.8 Å². The highest BCUT2D eigenvalue weighted by atomic mass is 19.3. The van der Waals surface area contributed by atoms with E-state index in [1.807, 2.05) is 0 Å². The molecule has 20 heavy (non-hydrogen) atoms. The highest BCUT2D eigenvalue weighted by Gasteiger charge is 2.15. The zero-order chi connectivity index (χ0) is 14.5. The Kier molecular flexibility index (Phi) is 4.55. The van der Waals surface area contributed by atoms with Crippen molar-refractivity contribution in [3.63, 3.8) is 0 Å². The summed E-state index contributed by atoms with van der Waals surface area (Å²) in [4.78, 5) is 0. The third kappa shape index (κ3) is 3.26. The molecule has 4 nitrogen and oxygen atoms in total. The molecule has 6 heteroatoms. The maximum absolute atomic E-state index is 12.4. The van der Waals surface area contributed by atoms with Gasteiger partial charge in [-0.05, 0) is 18.6 Å². The Morgan fingerprint density at radius 1 is 1.35 bits per heavy atom. The van der Waals surface area contributed by atoms with Gasteiger partial charge in [-0.1, -0.05) is 25.5 Å². The highest BCUT2D eigenvalue weighted by molar-refractivity contribution is 5.76.